The maximum atomic E-state index is 11.8. The van der Waals surface area contributed by atoms with E-state index in [9.17, 15) is 4.79 Å². The number of esters is 1. The molecule has 0 fully saturated rings. The van der Waals surface area contributed by atoms with Gasteiger partial charge in [0.25, 0.3) is 0 Å². The van der Waals surface area contributed by atoms with E-state index in [0.717, 1.165) is 19.4 Å². The van der Waals surface area contributed by atoms with Crippen LogP contribution in [-0.4, -0.2) is 36.1 Å². The molecule has 0 aliphatic carbocycles. The highest BCUT2D eigenvalue weighted by atomic mass is 16.5. The Morgan fingerprint density at radius 1 is 0.704 bits per heavy atom. The van der Waals surface area contributed by atoms with Crippen molar-refractivity contribution < 1.29 is 9.53 Å². The molecule has 0 spiro atoms. The summed E-state index contributed by atoms with van der Waals surface area (Å²) in [6.07, 6.45) is 17.9. The summed E-state index contributed by atoms with van der Waals surface area (Å²) in [7, 11) is 0. The predicted molar refractivity (Wildman–Crippen MR) is 118 cm³/mol. The average Bonchev–Trinajstić information content (AvgIpc) is 2.62. The molecule has 162 valence electrons. The van der Waals surface area contributed by atoms with E-state index < -0.39 is 0 Å². The second-order valence-corrected chi connectivity index (χ2v) is 8.64. The van der Waals surface area contributed by atoms with Gasteiger partial charge in [0.15, 0.2) is 0 Å². The molecule has 0 amide bonds. The summed E-state index contributed by atoms with van der Waals surface area (Å²) in [5.74, 6) is -0.0227. The Labute approximate surface area is 170 Å². The molecule has 0 aromatic rings. The third-order valence-corrected chi connectivity index (χ3v) is 5.42. The number of carbonyl (C=O) groups is 1. The van der Waals surface area contributed by atoms with E-state index in [1.54, 1.807) is 0 Å². The van der Waals surface area contributed by atoms with Crippen molar-refractivity contribution in [2.75, 3.05) is 13.2 Å². The van der Waals surface area contributed by atoms with Gasteiger partial charge in [-0.25, -0.2) is 0 Å². The molecule has 0 aliphatic heterocycles. The van der Waals surface area contributed by atoms with E-state index in [4.69, 9.17) is 4.74 Å². The molecule has 0 saturated carbocycles. The lowest BCUT2D eigenvalue weighted by Crippen LogP contribution is -2.39. The van der Waals surface area contributed by atoms with Crippen LogP contribution in [0.5, 0.6) is 0 Å². The summed E-state index contributed by atoms with van der Waals surface area (Å²) in [6.45, 7) is 12.4. The molecule has 0 aromatic heterocycles. The van der Waals surface area contributed by atoms with Gasteiger partial charge in [-0.3, -0.25) is 9.69 Å². The molecule has 0 unspecified atom stereocenters. The Hall–Kier alpha value is -0.570. The number of ether oxygens (including phenoxy) is 1. The fourth-order valence-corrected chi connectivity index (χ4v) is 3.74. The fourth-order valence-electron chi connectivity index (χ4n) is 3.74. The molecule has 0 bridgehead atoms. The third kappa shape index (κ3) is 17.3. The van der Waals surface area contributed by atoms with Crippen molar-refractivity contribution >= 4 is 5.97 Å². The van der Waals surface area contributed by atoms with Gasteiger partial charge in [0.2, 0.25) is 0 Å². The van der Waals surface area contributed by atoms with E-state index in [0.29, 0.717) is 25.1 Å². The molecule has 0 heterocycles. The molecule has 0 aliphatic rings. The molecule has 0 aromatic carbocycles. The molecule has 0 radical (unpaired) electrons. The van der Waals surface area contributed by atoms with Gasteiger partial charge in [0.05, 0.1) is 0 Å². The van der Waals surface area contributed by atoms with Crippen LogP contribution in [0, 0.1) is 0 Å². The highest BCUT2D eigenvalue weighted by Crippen LogP contribution is 2.13. The van der Waals surface area contributed by atoms with Crippen molar-refractivity contribution in [3.63, 3.8) is 0 Å². The monoisotopic (exact) mass is 383 g/mol. The van der Waals surface area contributed by atoms with Crippen LogP contribution in [0.4, 0.5) is 0 Å². The summed E-state index contributed by atoms with van der Waals surface area (Å²) in [4.78, 5) is 14.2. The smallest absolute Gasteiger partial charge is 0.305 e. The first-order valence-electron chi connectivity index (χ1n) is 11.9. The van der Waals surface area contributed by atoms with Crippen molar-refractivity contribution in [1.82, 2.24) is 4.90 Å². The van der Waals surface area contributed by atoms with Crippen LogP contribution in [0.2, 0.25) is 0 Å². The van der Waals surface area contributed by atoms with Gasteiger partial charge in [0, 0.05) is 25.0 Å². The standard InChI is InChI=1S/C24H49NO2/c1-6-7-8-9-10-11-12-13-14-15-16-17-18-19-24(26)27-21-20-25(22(2)3)23(4)5/h22-23H,6-21H2,1-5H3. The van der Waals surface area contributed by atoms with E-state index >= 15 is 0 Å². The zero-order valence-electron chi connectivity index (χ0n) is 19.2. The van der Waals surface area contributed by atoms with Crippen molar-refractivity contribution in [3.05, 3.63) is 0 Å². The summed E-state index contributed by atoms with van der Waals surface area (Å²) in [6, 6.07) is 0.981. The lowest BCUT2D eigenvalue weighted by atomic mass is 10.0. The summed E-state index contributed by atoms with van der Waals surface area (Å²) in [5, 5.41) is 0. The number of carbonyl (C=O) groups excluding carboxylic acids is 1. The van der Waals surface area contributed by atoms with E-state index in [1.165, 1.54) is 70.6 Å². The molecule has 0 saturated heterocycles. The predicted octanol–water partition coefficient (Wildman–Crippen LogP) is 7.13. The first-order valence-corrected chi connectivity index (χ1v) is 11.9. The lowest BCUT2D eigenvalue weighted by Gasteiger charge is -2.30. The Balaban J connectivity index is 3.36. The second-order valence-electron chi connectivity index (χ2n) is 8.64. The van der Waals surface area contributed by atoms with Crippen LogP contribution >= 0.6 is 0 Å². The fraction of sp³-hybridized carbons (Fsp3) is 0.958. The minimum Gasteiger partial charge on any atom is -0.464 e. The van der Waals surface area contributed by atoms with Crippen LogP contribution in [-0.2, 0) is 9.53 Å². The summed E-state index contributed by atoms with van der Waals surface area (Å²) < 4.78 is 5.40. The molecule has 0 N–H and O–H groups in total. The Bertz CT molecular complexity index is 320. The van der Waals surface area contributed by atoms with Crippen LogP contribution in [0.1, 0.15) is 125 Å². The van der Waals surface area contributed by atoms with E-state index in [-0.39, 0.29) is 5.97 Å². The highest BCUT2D eigenvalue weighted by molar-refractivity contribution is 5.69. The van der Waals surface area contributed by atoms with E-state index in [2.05, 4.69) is 39.5 Å². The lowest BCUT2D eigenvalue weighted by molar-refractivity contribution is -0.144. The second kappa shape index (κ2) is 18.8. The maximum absolute atomic E-state index is 11.8. The van der Waals surface area contributed by atoms with Crippen LogP contribution in [0.3, 0.4) is 0 Å². The van der Waals surface area contributed by atoms with Crippen molar-refractivity contribution in [1.29, 1.82) is 0 Å². The van der Waals surface area contributed by atoms with Crippen LogP contribution < -0.4 is 0 Å². The van der Waals surface area contributed by atoms with Gasteiger partial charge in [-0.1, -0.05) is 84.0 Å². The number of hydrogen-bond donors (Lipinski definition) is 0. The molecule has 3 heteroatoms. The quantitative estimate of drug-likeness (QED) is 0.175. The third-order valence-electron chi connectivity index (χ3n) is 5.42. The van der Waals surface area contributed by atoms with Crippen LogP contribution in [0.15, 0.2) is 0 Å². The number of hydrogen-bond acceptors (Lipinski definition) is 3. The van der Waals surface area contributed by atoms with Gasteiger partial charge < -0.3 is 4.74 Å². The normalized spacial score (nSPS) is 11.7. The largest absolute Gasteiger partial charge is 0.464 e. The topological polar surface area (TPSA) is 29.5 Å². The Morgan fingerprint density at radius 3 is 1.52 bits per heavy atom. The number of unbranched alkanes of at least 4 members (excludes halogenated alkanes) is 12. The van der Waals surface area contributed by atoms with Gasteiger partial charge in [-0.2, -0.15) is 0 Å². The van der Waals surface area contributed by atoms with Gasteiger partial charge in [0.1, 0.15) is 6.61 Å². The van der Waals surface area contributed by atoms with E-state index in [1.807, 2.05) is 0 Å². The zero-order chi connectivity index (χ0) is 20.3. The van der Waals surface area contributed by atoms with Gasteiger partial charge in [-0.05, 0) is 34.1 Å². The van der Waals surface area contributed by atoms with Crippen molar-refractivity contribution in [2.24, 2.45) is 0 Å². The first kappa shape index (κ1) is 26.4. The number of rotatable bonds is 19. The highest BCUT2D eigenvalue weighted by Gasteiger charge is 2.13. The minimum absolute atomic E-state index is 0.0227. The van der Waals surface area contributed by atoms with Crippen molar-refractivity contribution in [3.8, 4) is 0 Å². The van der Waals surface area contributed by atoms with Gasteiger partial charge in [-0.15, -0.1) is 0 Å². The summed E-state index contributed by atoms with van der Waals surface area (Å²) in [5.41, 5.74) is 0. The zero-order valence-corrected chi connectivity index (χ0v) is 19.2. The first-order chi connectivity index (χ1) is 13.0. The maximum Gasteiger partial charge on any atom is 0.305 e. The van der Waals surface area contributed by atoms with Crippen molar-refractivity contribution in [2.45, 2.75) is 137 Å². The van der Waals surface area contributed by atoms with Gasteiger partial charge >= 0.3 is 5.97 Å². The molecular formula is C24H49NO2. The van der Waals surface area contributed by atoms with Crippen LogP contribution in [0.25, 0.3) is 0 Å². The molecule has 0 rings (SSSR count). The summed E-state index contributed by atoms with van der Waals surface area (Å²) >= 11 is 0. The molecule has 3 nitrogen and oxygen atoms in total. The Morgan fingerprint density at radius 2 is 1.11 bits per heavy atom. The SMILES string of the molecule is CCCCCCCCCCCCCCCC(=O)OCCN(C(C)C)C(C)C. The molecule has 27 heavy (non-hydrogen) atoms. The Kier molecular flexibility index (Phi) is 18.4. The molecular weight excluding hydrogens is 334 g/mol. The number of nitrogens with zero attached hydrogens (tertiary/aromatic N) is 1. The average molecular weight is 384 g/mol. The minimum atomic E-state index is -0.0227. The molecule has 0 atom stereocenters.